The number of nitrogens with zero attached hydrogens (tertiary/aromatic N) is 1. The summed E-state index contributed by atoms with van der Waals surface area (Å²) in [6.45, 7) is 0.629. The fourth-order valence-corrected chi connectivity index (χ4v) is 2.85. The lowest BCUT2D eigenvalue weighted by Gasteiger charge is -2.27. The van der Waals surface area contributed by atoms with E-state index in [2.05, 4.69) is 31.0 Å². The number of benzene rings is 1. The first-order valence-corrected chi connectivity index (χ1v) is 5.77. The van der Waals surface area contributed by atoms with Gasteiger partial charge in [0, 0.05) is 17.1 Å². The Kier molecular flexibility index (Phi) is 1.97. The number of aromatic nitrogens is 2. The minimum absolute atomic E-state index is 0.0347. The molecule has 0 saturated carbocycles. The molecule has 3 rings (SSSR count). The fourth-order valence-electron chi connectivity index (χ4n) is 2.19. The molecule has 16 heavy (non-hydrogen) atoms. The topological polar surface area (TPSA) is 51.9 Å². The Labute approximate surface area is 100 Å². The maximum atomic E-state index is 11.6. The highest BCUT2D eigenvalue weighted by Gasteiger charge is 2.24. The molecule has 1 aliphatic rings. The molecule has 0 amide bonds. The Morgan fingerprint density at radius 2 is 2.19 bits per heavy atom. The number of nitrogens with one attached hydrogen (secondary N) is 2. The highest BCUT2D eigenvalue weighted by molar-refractivity contribution is 9.10. The third kappa shape index (κ3) is 1.18. The van der Waals surface area contributed by atoms with Crippen LogP contribution in [0.1, 0.15) is 5.56 Å². The normalized spacial score (nSPS) is 13.5. The Bertz CT molecular complexity index is 614. The average Bonchev–Trinajstić information content (AvgIpc) is 2.61. The lowest BCUT2D eigenvalue weighted by atomic mass is 10.0. The second-order valence-electron chi connectivity index (χ2n) is 3.92. The maximum absolute atomic E-state index is 11.6. The number of hydrogen-bond donors (Lipinski definition) is 2. The molecule has 4 nitrogen and oxygen atoms in total. The van der Waals surface area contributed by atoms with Gasteiger partial charge in [-0.3, -0.25) is 15.0 Å². The third-order valence-electron chi connectivity index (χ3n) is 2.91. The van der Waals surface area contributed by atoms with Gasteiger partial charge in [0.25, 0.3) is 5.56 Å². The number of hydrogen-bond acceptors (Lipinski definition) is 2. The molecular weight excluding hydrogens is 270 g/mol. The number of para-hydroxylation sites is 1. The predicted molar refractivity (Wildman–Crippen MR) is 66.7 cm³/mol. The highest BCUT2D eigenvalue weighted by atomic mass is 79.9. The summed E-state index contributed by atoms with van der Waals surface area (Å²) in [4.78, 5) is 13.7. The van der Waals surface area contributed by atoms with Gasteiger partial charge in [0.2, 0.25) is 0 Å². The van der Waals surface area contributed by atoms with Crippen molar-refractivity contribution in [3.63, 3.8) is 0 Å². The summed E-state index contributed by atoms with van der Waals surface area (Å²) >= 11 is 3.54. The summed E-state index contributed by atoms with van der Waals surface area (Å²) in [7, 11) is 1.99. The van der Waals surface area contributed by atoms with Crippen molar-refractivity contribution in [2.24, 2.45) is 0 Å². The Morgan fingerprint density at radius 3 is 3.00 bits per heavy atom. The summed E-state index contributed by atoms with van der Waals surface area (Å²) in [5.41, 5.74) is 3.83. The quantitative estimate of drug-likeness (QED) is 0.776. The number of H-pyrrole nitrogens is 2. The smallest absolute Gasteiger partial charge is 0.269 e. The largest absolute Gasteiger partial charge is 0.369 e. The zero-order valence-corrected chi connectivity index (χ0v) is 10.3. The molecule has 0 spiro atoms. The zero-order chi connectivity index (χ0) is 11.3. The molecule has 1 aromatic heterocycles. The van der Waals surface area contributed by atoms with Gasteiger partial charge in [0.05, 0.1) is 23.5 Å². The maximum Gasteiger partial charge on any atom is 0.269 e. The van der Waals surface area contributed by atoms with E-state index in [9.17, 15) is 4.79 Å². The van der Waals surface area contributed by atoms with Gasteiger partial charge < -0.3 is 4.90 Å². The van der Waals surface area contributed by atoms with Crippen LogP contribution in [0.4, 0.5) is 5.69 Å². The van der Waals surface area contributed by atoms with Crippen molar-refractivity contribution in [1.29, 1.82) is 0 Å². The van der Waals surface area contributed by atoms with E-state index >= 15 is 0 Å². The van der Waals surface area contributed by atoms with Gasteiger partial charge >= 0.3 is 0 Å². The average molecular weight is 280 g/mol. The molecule has 0 saturated heterocycles. The second-order valence-corrected chi connectivity index (χ2v) is 4.78. The summed E-state index contributed by atoms with van der Waals surface area (Å²) in [6.07, 6.45) is 0. The van der Waals surface area contributed by atoms with E-state index in [0.717, 1.165) is 27.0 Å². The van der Waals surface area contributed by atoms with Gasteiger partial charge in [-0.25, -0.2) is 0 Å². The van der Waals surface area contributed by atoms with Gasteiger partial charge in [0.1, 0.15) is 0 Å². The first-order valence-electron chi connectivity index (χ1n) is 4.98. The Hall–Kier alpha value is -1.49. The molecule has 1 aromatic carbocycles. The summed E-state index contributed by atoms with van der Waals surface area (Å²) in [5.74, 6) is 0. The first-order chi connectivity index (χ1) is 7.68. The minimum atomic E-state index is -0.0347. The summed E-state index contributed by atoms with van der Waals surface area (Å²) < 4.78 is 1.04. The van der Waals surface area contributed by atoms with E-state index in [1.165, 1.54) is 0 Å². The van der Waals surface area contributed by atoms with Crippen molar-refractivity contribution in [3.05, 3.63) is 38.6 Å². The standard InChI is InChI=1S/C11H10BrN3O/c1-15-5-7-9(13-14-11(7)16)6-3-2-4-8(12)10(6)15/h2-4H,5H2,1H3,(H2,13,14,16). The van der Waals surface area contributed by atoms with E-state index < -0.39 is 0 Å². The van der Waals surface area contributed by atoms with Crippen molar-refractivity contribution in [1.82, 2.24) is 10.2 Å². The van der Waals surface area contributed by atoms with Gasteiger partial charge in [0.15, 0.2) is 0 Å². The van der Waals surface area contributed by atoms with E-state index in [4.69, 9.17) is 0 Å². The molecule has 82 valence electrons. The van der Waals surface area contributed by atoms with Gasteiger partial charge in [-0.1, -0.05) is 12.1 Å². The van der Waals surface area contributed by atoms with Crippen LogP contribution in [0.15, 0.2) is 27.5 Å². The van der Waals surface area contributed by atoms with Gasteiger partial charge in [-0.2, -0.15) is 0 Å². The number of rotatable bonds is 0. The highest BCUT2D eigenvalue weighted by Crippen LogP contribution is 2.40. The van der Waals surface area contributed by atoms with Crippen LogP contribution in [0.25, 0.3) is 11.3 Å². The fraction of sp³-hybridized carbons (Fsp3) is 0.182. The van der Waals surface area contributed by atoms with Crippen LogP contribution >= 0.6 is 15.9 Å². The van der Waals surface area contributed by atoms with Crippen molar-refractivity contribution in [2.75, 3.05) is 11.9 Å². The molecule has 0 radical (unpaired) electrons. The van der Waals surface area contributed by atoms with Crippen molar-refractivity contribution >= 4 is 21.6 Å². The Morgan fingerprint density at radius 1 is 1.38 bits per heavy atom. The molecule has 0 bridgehead atoms. The molecule has 2 heterocycles. The molecule has 1 aliphatic heterocycles. The minimum Gasteiger partial charge on any atom is -0.369 e. The van der Waals surface area contributed by atoms with Crippen molar-refractivity contribution < 1.29 is 0 Å². The number of fused-ring (bicyclic) bond motifs is 3. The number of halogens is 1. The molecule has 2 aromatic rings. The van der Waals surface area contributed by atoms with Crippen LogP contribution in [0.3, 0.4) is 0 Å². The van der Waals surface area contributed by atoms with E-state index in [1.807, 2.05) is 25.2 Å². The van der Waals surface area contributed by atoms with Crippen LogP contribution in [0, 0.1) is 0 Å². The number of anilines is 1. The van der Waals surface area contributed by atoms with Gasteiger partial charge in [-0.15, -0.1) is 0 Å². The summed E-state index contributed by atoms with van der Waals surface area (Å²) in [5, 5.41) is 5.58. The lowest BCUT2D eigenvalue weighted by molar-refractivity contribution is 0.901. The van der Waals surface area contributed by atoms with Crippen LogP contribution in [0.2, 0.25) is 0 Å². The molecule has 5 heteroatoms. The molecule has 2 N–H and O–H groups in total. The SMILES string of the molecule is CN1Cc2c([nH][nH]c2=O)-c2cccc(Br)c21. The molecule has 0 fully saturated rings. The predicted octanol–water partition coefficient (Wildman–Crippen LogP) is 2.08. The first kappa shape index (κ1) is 9.72. The van der Waals surface area contributed by atoms with Crippen molar-refractivity contribution in [3.8, 4) is 11.3 Å². The zero-order valence-electron chi connectivity index (χ0n) is 8.67. The van der Waals surface area contributed by atoms with Crippen LogP contribution in [-0.4, -0.2) is 17.2 Å². The molecule has 0 aliphatic carbocycles. The Balaban J connectivity index is 2.37. The van der Waals surface area contributed by atoms with E-state index in [-0.39, 0.29) is 5.56 Å². The third-order valence-corrected chi connectivity index (χ3v) is 3.55. The van der Waals surface area contributed by atoms with Crippen LogP contribution in [0.5, 0.6) is 0 Å². The summed E-state index contributed by atoms with van der Waals surface area (Å²) in [6, 6.07) is 5.99. The van der Waals surface area contributed by atoms with Crippen LogP contribution < -0.4 is 10.5 Å². The second kappa shape index (κ2) is 3.25. The molecule has 0 unspecified atom stereocenters. The lowest BCUT2D eigenvalue weighted by Crippen LogP contribution is -2.25. The van der Waals surface area contributed by atoms with Crippen molar-refractivity contribution in [2.45, 2.75) is 6.54 Å². The number of aromatic amines is 2. The molecule has 0 atom stereocenters. The van der Waals surface area contributed by atoms with Gasteiger partial charge in [-0.05, 0) is 22.0 Å². The van der Waals surface area contributed by atoms with E-state index in [0.29, 0.717) is 6.54 Å². The molecular formula is C11H10BrN3O. The van der Waals surface area contributed by atoms with Crippen LogP contribution in [-0.2, 0) is 6.54 Å². The van der Waals surface area contributed by atoms with E-state index in [1.54, 1.807) is 0 Å². The monoisotopic (exact) mass is 279 g/mol.